The zero-order valence-electron chi connectivity index (χ0n) is 16.1. The van der Waals surface area contributed by atoms with Gasteiger partial charge in [0.1, 0.15) is 5.82 Å². The Morgan fingerprint density at radius 2 is 1.71 bits per heavy atom. The second-order valence-electron chi connectivity index (χ2n) is 7.44. The average molecular weight is 398 g/mol. The van der Waals surface area contributed by atoms with Crippen molar-refractivity contribution in [2.75, 3.05) is 37.7 Å². The molecule has 2 saturated heterocycles. The maximum absolute atomic E-state index is 12.7. The third-order valence-electron chi connectivity index (χ3n) is 5.96. The summed E-state index contributed by atoms with van der Waals surface area (Å²) in [6.45, 7) is 6.49. The van der Waals surface area contributed by atoms with Crippen molar-refractivity contribution in [3.8, 4) is 0 Å². The van der Waals surface area contributed by atoms with Crippen LogP contribution in [0.5, 0.6) is 0 Å². The smallest absolute Gasteiger partial charge is 0.354 e. The largest absolute Gasteiger partial charge is 0.417 e. The normalized spacial score (nSPS) is 20.9. The maximum Gasteiger partial charge on any atom is 0.417 e. The van der Waals surface area contributed by atoms with E-state index in [-0.39, 0.29) is 24.9 Å². The Bertz CT molecular complexity index is 724. The molecule has 28 heavy (non-hydrogen) atoms. The van der Waals surface area contributed by atoms with E-state index in [0.29, 0.717) is 44.8 Å². The number of alkyl halides is 3. The number of nitrogens with zero attached hydrogens (tertiary/aromatic N) is 4. The molecular weight excluding hydrogens is 373 g/mol. The highest BCUT2D eigenvalue weighted by Gasteiger charge is 2.49. The standard InChI is InChI=1S/C19H25F3N4O2/c1-3-18(4-2)11-16(27)26(17(18)28)13-24-7-9-25(10-8-24)15-6-5-14(12-23-15)19(20,21)22/h5-6,12H,3-4,7-11,13H2,1-2H3. The summed E-state index contributed by atoms with van der Waals surface area (Å²) >= 11 is 0. The first kappa shape index (κ1) is 20.6. The number of carbonyl (C=O) groups is 2. The molecule has 2 fully saturated rings. The number of rotatable bonds is 5. The molecule has 2 aliphatic heterocycles. The fourth-order valence-corrected chi connectivity index (χ4v) is 3.86. The van der Waals surface area contributed by atoms with Crippen LogP contribution in [0.2, 0.25) is 0 Å². The van der Waals surface area contributed by atoms with Crippen molar-refractivity contribution in [3.05, 3.63) is 23.9 Å². The maximum atomic E-state index is 12.7. The molecule has 3 rings (SSSR count). The summed E-state index contributed by atoms with van der Waals surface area (Å²) in [7, 11) is 0. The quantitative estimate of drug-likeness (QED) is 0.714. The van der Waals surface area contributed by atoms with Gasteiger partial charge in [-0.3, -0.25) is 19.4 Å². The first-order valence-electron chi connectivity index (χ1n) is 9.55. The van der Waals surface area contributed by atoms with Crippen LogP contribution >= 0.6 is 0 Å². The molecule has 0 bridgehead atoms. The molecule has 6 nitrogen and oxygen atoms in total. The summed E-state index contributed by atoms with van der Waals surface area (Å²) in [5.74, 6) is 0.284. The Kier molecular flexibility index (Phi) is 5.65. The summed E-state index contributed by atoms with van der Waals surface area (Å²) in [4.78, 5) is 34.3. The number of carbonyl (C=O) groups excluding carboxylic acids is 2. The van der Waals surface area contributed by atoms with Crippen LogP contribution in [0, 0.1) is 5.41 Å². The van der Waals surface area contributed by atoms with Crippen LogP contribution in [-0.2, 0) is 15.8 Å². The average Bonchev–Trinajstić information content (AvgIpc) is 2.92. The first-order chi connectivity index (χ1) is 13.2. The SMILES string of the molecule is CCC1(CC)CC(=O)N(CN2CCN(c3ccc(C(F)(F)F)cn3)CC2)C1=O. The zero-order chi connectivity index (χ0) is 20.5. The third kappa shape index (κ3) is 3.85. The van der Waals surface area contributed by atoms with E-state index in [4.69, 9.17) is 0 Å². The van der Waals surface area contributed by atoms with E-state index >= 15 is 0 Å². The molecule has 1 aromatic heterocycles. The van der Waals surface area contributed by atoms with Gasteiger partial charge >= 0.3 is 6.18 Å². The minimum atomic E-state index is -4.40. The molecule has 1 aromatic rings. The Labute approximate surface area is 162 Å². The van der Waals surface area contributed by atoms with Crippen LogP contribution in [0.3, 0.4) is 0 Å². The molecule has 0 N–H and O–H groups in total. The monoisotopic (exact) mass is 398 g/mol. The van der Waals surface area contributed by atoms with Crippen molar-refractivity contribution in [1.29, 1.82) is 0 Å². The molecule has 154 valence electrons. The van der Waals surface area contributed by atoms with Crippen molar-refractivity contribution in [3.63, 3.8) is 0 Å². The van der Waals surface area contributed by atoms with Crippen LogP contribution in [0.15, 0.2) is 18.3 Å². The molecule has 2 aliphatic rings. The number of pyridine rings is 1. The number of likely N-dealkylation sites (tertiary alicyclic amines) is 1. The van der Waals surface area contributed by atoms with Crippen LogP contribution in [0.4, 0.5) is 19.0 Å². The Morgan fingerprint density at radius 3 is 2.18 bits per heavy atom. The summed E-state index contributed by atoms with van der Waals surface area (Å²) < 4.78 is 38.0. The lowest BCUT2D eigenvalue weighted by atomic mass is 9.81. The summed E-state index contributed by atoms with van der Waals surface area (Å²) in [5, 5.41) is 0. The van der Waals surface area contributed by atoms with Gasteiger partial charge in [-0.2, -0.15) is 13.2 Å². The lowest BCUT2D eigenvalue weighted by Crippen LogP contribution is -2.51. The van der Waals surface area contributed by atoms with Gasteiger partial charge < -0.3 is 4.90 Å². The molecule has 9 heteroatoms. The van der Waals surface area contributed by atoms with Gasteiger partial charge in [0.2, 0.25) is 11.8 Å². The Morgan fingerprint density at radius 1 is 1.07 bits per heavy atom. The van der Waals surface area contributed by atoms with Gasteiger partial charge in [-0.1, -0.05) is 13.8 Å². The van der Waals surface area contributed by atoms with Gasteiger partial charge in [-0.25, -0.2) is 4.98 Å². The molecule has 3 heterocycles. The van der Waals surface area contributed by atoms with E-state index in [1.54, 1.807) is 0 Å². The van der Waals surface area contributed by atoms with E-state index in [9.17, 15) is 22.8 Å². The van der Waals surface area contributed by atoms with Crippen molar-refractivity contribution < 1.29 is 22.8 Å². The van der Waals surface area contributed by atoms with E-state index in [0.717, 1.165) is 12.3 Å². The molecule has 0 spiro atoms. The van der Waals surface area contributed by atoms with E-state index in [1.165, 1.54) is 11.0 Å². The molecule has 0 aliphatic carbocycles. The number of amides is 2. The number of hydrogen-bond donors (Lipinski definition) is 0. The highest BCUT2D eigenvalue weighted by molar-refractivity contribution is 6.05. The number of imide groups is 1. The number of aromatic nitrogens is 1. The summed E-state index contributed by atoms with van der Waals surface area (Å²) in [5.41, 5.74) is -1.33. The molecule has 0 atom stereocenters. The second-order valence-corrected chi connectivity index (χ2v) is 7.44. The van der Waals surface area contributed by atoms with Crippen LogP contribution < -0.4 is 4.90 Å². The van der Waals surface area contributed by atoms with Gasteiger partial charge in [0.05, 0.1) is 17.6 Å². The highest BCUT2D eigenvalue weighted by Crippen LogP contribution is 2.39. The molecule has 0 aromatic carbocycles. The van der Waals surface area contributed by atoms with Crippen molar-refractivity contribution >= 4 is 17.6 Å². The number of anilines is 1. The van der Waals surface area contributed by atoms with Crippen molar-refractivity contribution in [1.82, 2.24) is 14.8 Å². The van der Waals surface area contributed by atoms with Gasteiger partial charge in [0.15, 0.2) is 0 Å². The Balaban J connectivity index is 1.57. The minimum absolute atomic E-state index is 0.0886. The van der Waals surface area contributed by atoms with E-state index in [2.05, 4.69) is 4.98 Å². The number of piperazine rings is 1. The van der Waals surface area contributed by atoms with Crippen LogP contribution in [-0.4, -0.2) is 59.4 Å². The van der Waals surface area contributed by atoms with Crippen LogP contribution in [0.1, 0.15) is 38.7 Å². The van der Waals surface area contributed by atoms with Gasteiger partial charge in [-0.15, -0.1) is 0 Å². The zero-order valence-corrected chi connectivity index (χ0v) is 16.1. The Hall–Kier alpha value is -2.16. The molecule has 0 saturated carbocycles. The second kappa shape index (κ2) is 7.69. The number of halogens is 3. The predicted molar refractivity (Wildman–Crippen MR) is 97.4 cm³/mol. The van der Waals surface area contributed by atoms with Gasteiger partial charge in [-0.05, 0) is 25.0 Å². The lowest BCUT2D eigenvalue weighted by Gasteiger charge is -2.37. The van der Waals surface area contributed by atoms with E-state index in [1.807, 2.05) is 23.6 Å². The summed E-state index contributed by atoms with van der Waals surface area (Å²) in [6, 6.07) is 2.41. The van der Waals surface area contributed by atoms with E-state index < -0.39 is 17.2 Å². The highest BCUT2D eigenvalue weighted by atomic mass is 19.4. The fourth-order valence-electron chi connectivity index (χ4n) is 3.86. The predicted octanol–water partition coefficient (Wildman–Crippen LogP) is 2.75. The fraction of sp³-hybridized carbons (Fsp3) is 0.632. The number of hydrogen-bond acceptors (Lipinski definition) is 5. The third-order valence-corrected chi connectivity index (χ3v) is 5.96. The molecule has 2 amide bonds. The molecular formula is C19H25F3N4O2. The topological polar surface area (TPSA) is 56.8 Å². The molecule has 0 radical (unpaired) electrons. The molecule has 0 unspecified atom stereocenters. The first-order valence-corrected chi connectivity index (χ1v) is 9.55. The van der Waals surface area contributed by atoms with Gasteiger partial charge in [0, 0.05) is 38.8 Å². The van der Waals surface area contributed by atoms with Crippen LogP contribution in [0.25, 0.3) is 0 Å². The van der Waals surface area contributed by atoms with Crippen molar-refractivity contribution in [2.45, 2.75) is 39.3 Å². The lowest BCUT2D eigenvalue weighted by molar-refractivity contribution is -0.144. The minimum Gasteiger partial charge on any atom is -0.354 e. The van der Waals surface area contributed by atoms with Crippen molar-refractivity contribution in [2.24, 2.45) is 5.41 Å². The van der Waals surface area contributed by atoms with Gasteiger partial charge in [0.25, 0.3) is 0 Å². The summed E-state index contributed by atoms with van der Waals surface area (Å²) in [6.07, 6.45) is -1.98.